The molecule has 6 heteroatoms. The summed E-state index contributed by atoms with van der Waals surface area (Å²) in [5, 5.41) is 5.95. The minimum Gasteiger partial charge on any atom is -0.369 e. The van der Waals surface area contributed by atoms with Crippen LogP contribution in [0.4, 0.5) is 10.5 Å². The number of amidine groups is 1. The Balaban J connectivity index is 2.13. The lowest BCUT2D eigenvalue weighted by Crippen LogP contribution is -2.39. The van der Waals surface area contributed by atoms with E-state index in [1.165, 1.54) is 27.8 Å². The molecule has 0 aliphatic carbocycles. The fourth-order valence-electron chi connectivity index (χ4n) is 4.71. The van der Waals surface area contributed by atoms with Crippen molar-refractivity contribution in [2.75, 3.05) is 19.6 Å². The Kier molecular flexibility index (Phi) is 8.16. The molecule has 0 aromatic heterocycles. The summed E-state index contributed by atoms with van der Waals surface area (Å²) in [4.78, 5) is 18.5. The number of amides is 2. The lowest BCUT2D eigenvalue weighted by molar-refractivity contribution is 0.247. The molecule has 2 aromatic rings. The first-order chi connectivity index (χ1) is 16.2. The highest BCUT2D eigenvalue weighted by atomic mass is 16.2. The van der Waals surface area contributed by atoms with Crippen LogP contribution in [0.15, 0.2) is 48.1 Å². The Morgan fingerprint density at radius 1 is 1.15 bits per heavy atom. The van der Waals surface area contributed by atoms with Crippen molar-refractivity contribution in [3.8, 4) is 0 Å². The van der Waals surface area contributed by atoms with Crippen LogP contribution >= 0.6 is 0 Å². The number of urea groups is 1. The number of nitrogens with zero attached hydrogens (tertiary/aromatic N) is 2. The summed E-state index contributed by atoms with van der Waals surface area (Å²) in [5.74, 6) is 0.722. The van der Waals surface area contributed by atoms with E-state index in [2.05, 4.69) is 87.1 Å². The van der Waals surface area contributed by atoms with E-state index in [-0.39, 0.29) is 0 Å². The van der Waals surface area contributed by atoms with Crippen LogP contribution in [0.2, 0.25) is 0 Å². The zero-order chi connectivity index (χ0) is 24.8. The maximum Gasteiger partial charge on any atom is 0.312 e. The average Bonchev–Trinajstić information content (AvgIpc) is 2.76. The number of nitrogens with two attached hydrogens (primary N) is 1. The molecule has 0 spiro atoms. The van der Waals surface area contributed by atoms with Gasteiger partial charge in [0, 0.05) is 37.0 Å². The minimum atomic E-state index is -0.507. The highest BCUT2D eigenvalue weighted by Gasteiger charge is 2.23. The predicted molar refractivity (Wildman–Crippen MR) is 142 cm³/mol. The number of carbonyl (C=O) groups excluding carboxylic acids is 1. The van der Waals surface area contributed by atoms with Gasteiger partial charge in [-0.1, -0.05) is 37.3 Å². The number of carbonyl (C=O) groups is 1. The topological polar surface area (TPSA) is 82.7 Å². The number of rotatable bonds is 7. The molecule has 2 amide bonds. The van der Waals surface area contributed by atoms with E-state index in [0.717, 1.165) is 47.7 Å². The van der Waals surface area contributed by atoms with Gasteiger partial charge in [0.05, 0.1) is 5.69 Å². The molecule has 34 heavy (non-hydrogen) atoms. The van der Waals surface area contributed by atoms with Crippen molar-refractivity contribution in [2.45, 2.75) is 47.5 Å². The van der Waals surface area contributed by atoms with Gasteiger partial charge in [-0.2, -0.15) is 0 Å². The van der Waals surface area contributed by atoms with E-state index in [9.17, 15) is 4.79 Å². The van der Waals surface area contributed by atoms with Crippen LogP contribution in [0.5, 0.6) is 0 Å². The largest absolute Gasteiger partial charge is 0.369 e. The highest BCUT2D eigenvalue weighted by Crippen LogP contribution is 2.32. The number of fused-ring (bicyclic) bond motifs is 1. The molecule has 0 saturated carbocycles. The molecular formula is C28H37N5O. The van der Waals surface area contributed by atoms with Crippen molar-refractivity contribution in [2.24, 2.45) is 10.7 Å². The summed E-state index contributed by atoms with van der Waals surface area (Å²) in [5.41, 5.74) is 16.0. The monoisotopic (exact) mass is 459 g/mol. The van der Waals surface area contributed by atoms with Crippen LogP contribution < -0.4 is 16.4 Å². The van der Waals surface area contributed by atoms with Crippen molar-refractivity contribution >= 4 is 23.3 Å². The second-order valence-corrected chi connectivity index (χ2v) is 8.94. The van der Waals surface area contributed by atoms with Gasteiger partial charge in [-0.25, -0.2) is 9.79 Å². The molecule has 0 radical (unpaired) electrons. The Morgan fingerprint density at radius 2 is 1.85 bits per heavy atom. The first kappa shape index (κ1) is 25.1. The van der Waals surface area contributed by atoms with Crippen LogP contribution in [-0.2, 0) is 12.8 Å². The van der Waals surface area contributed by atoms with Gasteiger partial charge >= 0.3 is 6.03 Å². The number of primary amides is 1. The predicted octanol–water partition coefficient (Wildman–Crippen LogP) is 4.81. The molecule has 0 saturated heterocycles. The van der Waals surface area contributed by atoms with Crippen molar-refractivity contribution in [1.29, 1.82) is 0 Å². The standard InChI is InChI=1S/C28H37N5O/c1-7-22-16-24-23(15-19(22)4)9-11-33(12-10-31-28(29)34)25(24)17-26(30-8-2)32-27-20(5)13-18(3)14-21(27)6/h8,13-17H,2,7,9-12H2,1,3-6H3,(H,30,32)(H3,29,31,34)/b25-17-. The lowest BCUT2D eigenvalue weighted by atomic mass is 9.90. The summed E-state index contributed by atoms with van der Waals surface area (Å²) in [7, 11) is 0. The maximum absolute atomic E-state index is 11.2. The summed E-state index contributed by atoms with van der Waals surface area (Å²) < 4.78 is 0. The fraction of sp³-hybridized carbons (Fsp3) is 0.357. The third-order valence-electron chi connectivity index (χ3n) is 6.28. The molecule has 3 rings (SSSR count). The maximum atomic E-state index is 11.2. The van der Waals surface area contributed by atoms with E-state index in [1.807, 2.05) is 0 Å². The Morgan fingerprint density at radius 3 is 2.47 bits per heavy atom. The molecule has 0 atom stereocenters. The van der Waals surface area contributed by atoms with Crippen LogP contribution in [0.3, 0.4) is 0 Å². The van der Waals surface area contributed by atoms with Gasteiger partial charge in [0.25, 0.3) is 0 Å². The third-order valence-corrected chi connectivity index (χ3v) is 6.28. The number of nitrogens with one attached hydrogen (secondary N) is 2. The molecule has 1 aliphatic heterocycles. The van der Waals surface area contributed by atoms with E-state index in [0.29, 0.717) is 13.1 Å². The molecule has 1 heterocycles. The Bertz CT molecular complexity index is 1120. The van der Waals surface area contributed by atoms with Gasteiger partial charge in [0.2, 0.25) is 0 Å². The number of benzene rings is 2. The average molecular weight is 460 g/mol. The molecule has 180 valence electrons. The Labute approximate surface area is 203 Å². The lowest BCUT2D eigenvalue weighted by Gasteiger charge is -2.34. The fourth-order valence-corrected chi connectivity index (χ4v) is 4.71. The SMILES string of the molecule is C=CNC(/C=C1/c2cc(CC)c(C)cc2CCN1CCNC(N)=O)=N/c1c(C)cc(C)cc1C. The number of hydrogen-bond donors (Lipinski definition) is 3. The molecule has 0 unspecified atom stereocenters. The van der Waals surface area contributed by atoms with Crippen molar-refractivity contribution in [1.82, 2.24) is 15.5 Å². The zero-order valence-electron chi connectivity index (χ0n) is 21.1. The van der Waals surface area contributed by atoms with Gasteiger partial charge in [-0.15, -0.1) is 0 Å². The second-order valence-electron chi connectivity index (χ2n) is 8.94. The highest BCUT2D eigenvalue weighted by molar-refractivity contribution is 6.01. The molecular weight excluding hydrogens is 422 g/mol. The van der Waals surface area contributed by atoms with Crippen LogP contribution in [0.25, 0.3) is 5.70 Å². The second kappa shape index (κ2) is 11.1. The molecule has 1 aliphatic rings. The van der Waals surface area contributed by atoms with Crippen LogP contribution in [0.1, 0.15) is 45.9 Å². The number of hydrogen-bond acceptors (Lipinski definition) is 3. The summed E-state index contributed by atoms with van der Waals surface area (Å²) in [6, 6.07) is 8.41. The summed E-state index contributed by atoms with van der Waals surface area (Å²) in [6.07, 6.45) is 5.68. The molecule has 6 nitrogen and oxygen atoms in total. The summed E-state index contributed by atoms with van der Waals surface area (Å²) in [6.45, 7) is 16.5. The first-order valence-corrected chi connectivity index (χ1v) is 11.9. The molecule has 2 aromatic carbocycles. The van der Waals surface area contributed by atoms with Crippen molar-refractivity contribution in [3.05, 3.63) is 82.1 Å². The number of aryl methyl sites for hydroxylation is 5. The minimum absolute atomic E-state index is 0.478. The van der Waals surface area contributed by atoms with Gasteiger partial charge in [0.1, 0.15) is 5.84 Å². The van der Waals surface area contributed by atoms with Crippen LogP contribution in [-0.4, -0.2) is 36.4 Å². The van der Waals surface area contributed by atoms with E-state index < -0.39 is 6.03 Å². The third kappa shape index (κ3) is 5.87. The number of aliphatic imine (C=N–C) groups is 1. The van der Waals surface area contributed by atoms with Gasteiger partial charge in [0.15, 0.2) is 0 Å². The van der Waals surface area contributed by atoms with E-state index >= 15 is 0 Å². The van der Waals surface area contributed by atoms with Gasteiger partial charge < -0.3 is 21.3 Å². The molecule has 4 N–H and O–H groups in total. The smallest absolute Gasteiger partial charge is 0.312 e. The normalized spacial score (nSPS) is 14.7. The van der Waals surface area contributed by atoms with Crippen LogP contribution in [0, 0.1) is 27.7 Å². The van der Waals surface area contributed by atoms with E-state index in [4.69, 9.17) is 10.7 Å². The van der Waals surface area contributed by atoms with E-state index in [1.54, 1.807) is 6.20 Å². The molecule has 0 fully saturated rings. The molecule has 0 bridgehead atoms. The summed E-state index contributed by atoms with van der Waals surface area (Å²) >= 11 is 0. The van der Waals surface area contributed by atoms with Gasteiger partial charge in [-0.05, 0) is 80.6 Å². The van der Waals surface area contributed by atoms with Crippen molar-refractivity contribution < 1.29 is 4.79 Å². The zero-order valence-corrected chi connectivity index (χ0v) is 21.1. The quantitative estimate of drug-likeness (QED) is 0.410. The van der Waals surface area contributed by atoms with Crippen molar-refractivity contribution in [3.63, 3.8) is 0 Å². The van der Waals surface area contributed by atoms with Gasteiger partial charge in [-0.3, -0.25) is 0 Å². The first-order valence-electron chi connectivity index (χ1n) is 11.9. The Hall–Kier alpha value is -3.54.